The summed E-state index contributed by atoms with van der Waals surface area (Å²) in [5, 5.41) is 0.719. The monoisotopic (exact) mass is 467 g/mol. The van der Waals surface area contributed by atoms with Crippen LogP contribution in [-0.2, 0) is 25.8 Å². The van der Waals surface area contributed by atoms with Gasteiger partial charge in [0, 0.05) is 30.2 Å². The summed E-state index contributed by atoms with van der Waals surface area (Å²) in [5.41, 5.74) is 1.40. The van der Waals surface area contributed by atoms with E-state index in [4.69, 9.17) is 27.6 Å². The van der Waals surface area contributed by atoms with E-state index in [9.17, 15) is 13.2 Å². The van der Waals surface area contributed by atoms with E-state index in [1.54, 1.807) is 36.4 Å². The van der Waals surface area contributed by atoms with Gasteiger partial charge in [0.1, 0.15) is 5.69 Å². The number of carbonyl (C=O) groups is 1. The standard InChI is InChI=1S/C21H19Cl2NO5S/c1-28-19(25)9-5-8-18-24-20(14-6-3-4-7-17(14)30(2,26)27)21(29-18)13-10-11-15(22)16(23)12-13/h3-4,6-7,10-12H,5,8-9H2,1-2H3. The Morgan fingerprint density at radius 2 is 1.87 bits per heavy atom. The maximum atomic E-state index is 12.3. The molecule has 0 atom stereocenters. The van der Waals surface area contributed by atoms with Gasteiger partial charge in [0.05, 0.1) is 22.1 Å². The van der Waals surface area contributed by atoms with Crippen molar-refractivity contribution in [3.05, 3.63) is 58.4 Å². The van der Waals surface area contributed by atoms with Gasteiger partial charge in [-0.15, -0.1) is 0 Å². The van der Waals surface area contributed by atoms with E-state index in [0.29, 0.717) is 51.4 Å². The number of esters is 1. The maximum Gasteiger partial charge on any atom is 0.305 e. The van der Waals surface area contributed by atoms with Gasteiger partial charge >= 0.3 is 5.97 Å². The van der Waals surface area contributed by atoms with Gasteiger partial charge in [-0.1, -0.05) is 41.4 Å². The molecule has 158 valence electrons. The number of benzene rings is 2. The van der Waals surface area contributed by atoms with Crippen LogP contribution in [0.2, 0.25) is 10.0 Å². The molecule has 0 aliphatic carbocycles. The summed E-state index contributed by atoms with van der Waals surface area (Å²) in [5.74, 6) is 0.421. The molecule has 3 rings (SSSR count). The van der Waals surface area contributed by atoms with Crippen LogP contribution in [0, 0.1) is 0 Å². The van der Waals surface area contributed by atoms with Gasteiger partial charge in [-0.3, -0.25) is 4.79 Å². The van der Waals surface area contributed by atoms with Gasteiger partial charge in [0.2, 0.25) is 0 Å². The van der Waals surface area contributed by atoms with Crippen molar-refractivity contribution < 1.29 is 22.4 Å². The Bertz CT molecular complexity index is 1190. The number of nitrogens with zero attached hydrogens (tertiary/aromatic N) is 1. The second-order valence-corrected chi connectivity index (χ2v) is 9.41. The highest BCUT2D eigenvalue weighted by Gasteiger charge is 2.23. The maximum absolute atomic E-state index is 12.3. The Morgan fingerprint density at radius 1 is 1.13 bits per heavy atom. The highest BCUT2D eigenvalue weighted by atomic mass is 35.5. The minimum atomic E-state index is -3.51. The SMILES string of the molecule is COC(=O)CCCc1nc(-c2ccccc2S(C)(=O)=O)c(-c2ccc(Cl)c(Cl)c2)o1. The molecule has 1 heterocycles. The molecule has 6 nitrogen and oxygen atoms in total. The molecule has 0 saturated heterocycles. The molecule has 0 fully saturated rings. The van der Waals surface area contributed by atoms with Crippen LogP contribution in [0.4, 0.5) is 0 Å². The van der Waals surface area contributed by atoms with Crippen molar-refractivity contribution in [1.29, 1.82) is 0 Å². The molecule has 0 radical (unpaired) electrons. The number of sulfone groups is 1. The molecule has 0 N–H and O–H groups in total. The van der Waals surface area contributed by atoms with Crippen LogP contribution in [0.15, 0.2) is 51.8 Å². The van der Waals surface area contributed by atoms with Gasteiger partial charge in [-0.25, -0.2) is 13.4 Å². The first-order valence-corrected chi connectivity index (χ1v) is 11.7. The van der Waals surface area contributed by atoms with Crippen LogP contribution in [-0.4, -0.2) is 32.7 Å². The Labute approximate surface area is 184 Å². The van der Waals surface area contributed by atoms with E-state index >= 15 is 0 Å². The van der Waals surface area contributed by atoms with Crippen molar-refractivity contribution >= 4 is 39.0 Å². The van der Waals surface area contributed by atoms with Crippen molar-refractivity contribution in [2.45, 2.75) is 24.2 Å². The lowest BCUT2D eigenvalue weighted by atomic mass is 10.1. The molecule has 2 aromatic carbocycles. The zero-order chi connectivity index (χ0) is 21.9. The summed E-state index contributed by atoms with van der Waals surface area (Å²) < 4.78 is 35.2. The molecule has 1 aromatic heterocycles. The molecular formula is C21H19Cl2NO5S. The van der Waals surface area contributed by atoms with E-state index in [-0.39, 0.29) is 17.3 Å². The third-order valence-electron chi connectivity index (χ3n) is 4.39. The molecular weight excluding hydrogens is 449 g/mol. The van der Waals surface area contributed by atoms with Crippen LogP contribution < -0.4 is 0 Å². The van der Waals surface area contributed by atoms with E-state index in [1.165, 1.54) is 13.2 Å². The first-order chi connectivity index (χ1) is 14.2. The number of carbonyl (C=O) groups excluding carboxylic acids is 1. The van der Waals surface area contributed by atoms with Crippen LogP contribution in [0.3, 0.4) is 0 Å². The average molecular weight is 468 g/mol. The van der Waals surface area contributed by atoms with Crippen LogP contribution >= 0.6 is 23.2 Å². The number of aromatic nitrogens is 1. The number of ether oxygens (including phenoxy) is 1. The Balaban J connectivity index is 2.11. The number of hydrogen-bond donors (Lipinski definition) is 0. The van der Waals surface area contributed by atoms with Crippen molar-refractivity contribution in [2.24, 2.45) is 0 Å². The Morgan fingerprint density at radius 3 is 2.53 bits per heavy atom. The highest BCUT2D eigenvalue weighted by Crippen LogP contribution is 2.38. The Kier molecular flexibility index (Phi) is 6.85. The molecule has 30 heavy (non-hydrogen) atoms. The van der Waals surface area contributed by atoms with Crippen molar-refractivity contribution in [1.82, 2.24) is 4.98 Å². The van der Waals surface area contributed by atoms with Crippen molar-refractivity contribution in [3.8, 4) is 22.6 Å². The smallest absolute Gasteiger partial charge is 0.305 e. The topological polar surface area (TPSA) is 86.5 Å². The fraction of sp³-hybridized carbons (Fsp3) is 0.238. The lowest BCUT2D eigenvalue weighted by molar-refractivity contribution is -0.140. The third kappa shape index (κ3) is 5.03. The molecule has 0 saturated carbocycles. The molecule has 0 bridgehead atoms. The predicted molar refractivity (Wildman–Crippen MR) is 115 cm³/mol. The fourth-order valence-electron chi connectivity index (χ4n) is 2.96. The number of rotatable bonds is 7. The van der Waals surface area contributed by atoms with Crippen LogP contribution in [0.1, 0.15) is 18.7 Å². The molecule has 0 unspecified atom stereocenters. The zero-order valence-electron chi connectivity index (χ0n) is 16.3. The lowest BCUT2D eigenvalue weighted by Crippen LogP contribution is -2.01. The molecule has 0 spiro atoms. The summed E-state index contributed by atoms with van der Waals surface area (Å²) in [6.07, 6.45) is 2.21. The number of aryl methyl sites for hydroxylation is 1. The van der Waals surface area contributed by atoms with Gasteiger partial charge in [-0.2, -0.15) is 0 Å². The number of methoxy groups -OCH3 is 1. The second kappa shape index (κ2) is 9.20. The normalized spacial score (nSPS) is 11.5. The molecule has 0 aliphatic heterocycles. The fourth-order valence-corrected chi connectivity index (χ4v) is 4.15. The number of oxazole rings is 1. The third-order valence-corrected chi connectivity index (χ3v) is 6.29. The Hall–Kier alpha value is -2.35. The van der Waals surface area contributed by atoms with E-state index in [1.807, 2.05) is 0 Å². The number of halogens is 2. The van der Waals surface area contributed by atoms with Gasteiger partial charge in [0.15, 0.2) is 21.5 Å². The summed E-state index contributed by atoms with van der Waals surface area (Å²) in [7, 11) is -2.18. The molecule has 0 aliphatic rings. The second-order valence-electron chi connectivity index (χ2n) is 6.61. The minimum absolute atomic E-state index is 0.140. The van der Waals surface area contributed by atoms with Crippen molar-refractivity contribution in [2.75, 3.05) is 13.4 Å². The summed E-state index contributed by atoms with van der Waals surface area (Å²) in [4.78, 5) is 16.1. The summed E-state index contributed by atoms with van der Waals surface area (Å²) >= 11 is 12.2. The number of hydrogen-bond acceptors (Lipinski definition) is 6. The molecule has 3 aromatic rings. The zero-order valence-corrected chi connectivity index (χ0v) is 18.6. The highest BCUT2D eigenvalue weighted by molar-refractivity contribution is 7.90. The van der Waals surface area contributed by atoms with Gasteiger partial charge in [-0.05, 0) is 30.7 Å². The molecule has 9 heteroatoms. The van der Waals surface area contributed by atoms with Gasteiger partial charge in [0.25, 0.3) is 0 Å². The quantitative estimate of drug-likeness (QED) is 0.443. The first-order valence-electron chi connectivity index (χ1n) is 9.02. The van der Waals surface area contributed by atoms with E-state index in [2.05, 4.69) is 9.72 Å². The minimum Gasteiger partial charge on any atom is -0.469 e. The van der Waals surface area contributed by atoms with E-state index in [0.717, 1.165) is 6.26 Å². The van der Waals surface area contributed by atoms with Crippen LogP contribution in [0.5, 0.6) is 0 Å². The largest absolute Gasteiger partial charge is 0.469 e. The first kappa shape index (κ1) is 22.3. The van der Waals surface area contributed by atoms with E-state index < -0.39 is 9.84 Å². The summed E-state index contributed by atoms with van der Waals surface area (Å²) in [6, 6.07) is 11.6. The average Bonchev–Trinajstić information content (AvgIpc) is 3.13. The molecule has 0 amide bonds. The summed E-state index contributed by atoms with van der Waals surface area (Å²) in [6.45, 7) is 0. The predicted octanol–water partition coefficient (Wildman–Crippen LogP) is 5.21. The van der Waals surface area contributed by atoms with Crippen LogP contribution in [0.25, 0.3) is 22.6 Å². The van der Waals surface area contributed by atoms with Crippen molar-refractivity contribution in [3.63, 3.8) is 0 Å². The lowest BCUT2D eigenvalue weighted by Gasteiger charge is -2.07. The van der Waals surface area contributed by atoms with Gasteiger partial charge < -0.3 is 9.15 Å².